The molecular weight excluding hydrogens is 140 g/mol. The smallest absolute Gasteiger partial charge is 0.0594 e. The van der Waals surface area contributed by atoms with Crippen molar-refractivity contribution in [1.29, 1.82) is 0 Å². The molecule has 0 aromatic rings. The molecule has 66 valence electrons. The van der Waals surface area contributed by atoms with Crippen molar-refractivity contribution in [1.82, 2.24) is 9.80 Å². The van der Waals surface area contributed by atoms with Crippen LogP contribution in [0.2, 0.25) is 0 Å². The van der Waals surface area contributed by atoms with E-state index in [4.69, 9.17) is 4.74 Å². The summed E-state index contributed by atoms with van der Waals surface area (Å²) in [6.07, 6.45) is 0. The Morgan fingerprint density at radius 3 is 2.45 bits per heavy atom. The third-order valence-corrected chi connectivity index (χ3v) is 1.97. The van der Waals surface area contributed by atoms with Crippen molar-refractivity contribution < 1.29 is 4.74 Å². The molecule has 3 nitrogen and oxygen atoms in total. The molecular formula is C8H18N2O. The predicted molar refractivity (Wildman–Crippen MR) is 45.8 cm³/mol. The highest BCUT2D eigenvalue weighted by atomic mass is 16.5. The van der Waals surface area contributed by atoms with Crippen molar-refractivity contribution in [2.75, 3.05) is 53.5 Å². The molecule has 0 atom stereocenters. The lowest BCUT2D eigenvalue weighted by Crippen LogP contribution is -2.40. The van der Waals surface area contributed by atoms with E-state index in [9.17, 15) is 0 Å². The summed E-state index contributed by atoms with van der Waals surface area (Å²) in [6, 6.07) is 0. The third-order valence-electron chi connectivity index (χ3n) is 1.97. The van der Waals surface area contributed by atoms with Gasteiger partial charge in [-0.2, -0.15) is 0 Å². The number of likely N-dealkylation sites (N-methyl/N-ethyl adjacent to an activating group) is 1. The highest BCUT2D eigenvalue weighted by Gasteiger charge is 2.09. The van der Waals surface area contributed by atoms with Gasteiger partial charge in [0.2, 0.25) is 0 Å². The van der Waals surface area contributed by atoms with Crippen LogP contribution in [0, 0.1) is 0 Å². The number of hydrogen-bond acceptors (Lipinski definition) is 3. The standard InChI is InChI=1S/C8H18N2O/c1-9(2)3-4-10-5-7-11-8-6-10/h3-8H2,1-2H3. The summed E-state index contributed by atoms with van der Waals surface area (Å²) in [7, 11) is 4.22. The van der Waals surface area contributed by atoms with Gasteiger partial charge in [0.05, 0.1) is 13.2 Å². The van der Waals surface area contributed by atoms with Gasteiger partial charge >= 0.3 is 0 Å². The van der Waals surface area contributed by atoms with Crippen molar-refractivity contribution in [2.24, 2.45) is 0 Å². The number of morpholine rings is 1. The molecule has 0 bridgehead atoms. The van der Waals surface area contributed by atoms with Crippen LogP contribution in [0.25, 0.3) is 0 Å². The van der Waals surface area contributed by atoms with Crippen molar-refractivity contribution in [2.45, 2.75) is 0 Å². The van der Waals surface area contributed by atoms with Crippen LogP contribution in [0.3, 0.4) is 0 Å². The second-order valence-electron chi connectivity index (χ2n) is 3.26. The molecule has 0 aromatic carbocycles. The summed E-state index contributed by atoms with van der Waals surface area (Å²) >= 11 is 0. The van der Waals surface area contributed by atoms with Gasteiger partial charge in [-0.1, -0.05) is 0 Å². The first-order valence-corrected chi connectivity index (χ1v) is 4.24. The Bertz CT molecular complexity index is 100. The fourth-order valence-electron chi connectivity index (χ4n) is 1.17. The highest BCUT2D eigenvalue weighted by molar-refractivity contribution is 4.62. The maximum absolute atomic E-state index is 5.25. The largest absolute Gasteiger partial charge is 0.379 e. The monoisotopic (exact) mass is 158 g/mol. The van der Waals surface area contributed by atoms with Gasteiger partial charge in [0.25, 0.3) is 0 Å². The fourth-order valence-corrected chi connectivity index (χ4v) is 1.17. The van der Waals surface area contributed by atoms with E-state index in [-0.39, 0.29) is 0 Å². The molecule has 0 aliphatic carbocycles. The Balaban J connectivity index is 2.05. The zero-order chi connectivity index (χ0) is 8.10. The van der Waals surface area contributed by atoms with Crippen LogP contribution in [-0.4, -0.2) is 63.3 Å². The molecule has 1 rings (SSSR count). The van der Waals surface area contributed by atoms with Gasteiger partial charge in [0.1, 0.15) is 0 Å². The van der Waals surface area contributed by atoms with Crippen molar-refractivity contribution >= 4 is 0 Å². The van der Waals surface area contributed by atoms with E-state index >= 15 is 0 Å². The molecule has 0 unspecified atom stereocenters. The summed E-state index contributed by atoms with van der Waals surface area (Å²) in [6.45, 7) is 6.36. The van der Waals surface area contributed by atoms with E-state index in [0.717, 1.165) is 32.8 Å². The zero-order valence-corrected chi connectivity index (χ0v) is 7.55. The average Bonchev–Trinajstić information content (AvgIpc) is 2.03. The molecule has 1 aliphatic rings. The summed E-state index contributed by atoms with van der Waals surface area (Å²) < 4.78 is 5.25. The minimum absolute atomic E-state index is 0.910. The van der Waals surface area contributed by atoms with Crippen LogP contribution in [0.15, 0.2) is 0 Å². The van der Waals surface area contributed by atoms with Crippen LogP contribution in [-0.2, 0) is 4.74 Å². The molecule has 1 aliphatic heterocycles. The Hall–Kier alpha value is -0.120. The van der Waals surface area contributed by atoms with E-state index in [1.54, 1.807) is 0 Å². The summed E-state index contributed by atoms with van der Waals surface area (Å²) in [5.74, 6) is 0. The van der Waals surface area contributed by atoms with Gasteiger partial charge in [-0.25, -0.2) is 0 Å². The lowest BCUT2D eigenvalue weighted by Gasteiger charge is -2.27. The zero-order valence-electron chi connectivity index (χ0n) is 7.55. The van der Waals surface area contributed by atoms with Gasteiger partial charge in [-0.15, -0.1) is 0 Å². The lowest BCUT2D eigenvalue weighted by molar-refractivity contribution is 0.0354. The van der Waals surface area contributed by atoms with Gasteiger partial charge in [0, 0.05) is 26.2 Å². The van der Waals surface area contributed by atoms with Crippen molar-refractivity contribution in [3.05, 3.63) is 0 Å². The lowest BCUT2D eigenvalue weighted by atomic mass is 10.4. The Morgan fingerprint density at radius 1 is 1.27 bits per heavy atom. The second kappa shape index (κ2) is 4.70. The maximum atomic E-state index is 5.25. The second-order valence-corrected chi connectivity index (χ2v) is 3.26. The molecule has 0 aromatic heterocycles. The fraction of sp³-hybridized carbons (Fsp3) is 1.00. The van der Waals surface area contributed by atoms with Crippen LogP contribution >= 0.6 is 0 Å². The SMILES string of the molecule is CN(C)CCN1CCOCC1. The first kappa shape index (κ1) is 8.97. The Labute approximate surface area is 68.9 Å². The van der Waals surface area contributed by atoms with Crippen LogP contribution < -0.4 is 0 Å². The molecule has 11 heavy (non-hydrogen) atoms. The molecule has 1 fully saturated rings. The topological polar surface area (TPSA) is 15.7 Å². The molecule has 0 amide bonds. The van der Waals surface area contributed by atoms with Gasteiger partial charge in [-0.05, 0) is 14.1 Å². The molecule has 0 saturated carbocycles. The third kappa shape index (κ3) is 3.70. The van der Waals surface area contributed by atoms with Crippen molar-refractivity contribution in [3.8, 4) is 0 Å². The molecule has 1 heterocycles. The maximum Gasteiger partial charge on any atom is 0.0594 e. The first-order valence-electron chi connectivity index (χ1n) is 4.24. The number of hydrogen-bond donors (Lipinski definition) is 0. The molecule has 3 heteroatoms. The first-order chi connectivity index (χ1) is 5.29. The molecule has 0 N–H and O–H groups in total. The molecule has 0 spiro atoms. The summed E-state index contributed by atoms with van der Waals surface area (Å²) in [5.41, 5.74) is 0. The minimum Gasteiger partial charge on any atom is -0.379 e. The van der Waals surface area contributed by atoms with E-state index in [2.05, 4.69) is 23.9 Å². The number of ether oxygens (including phenoxy) is 1. The van der Waals surface area contributed by atoms with E-state index in [1.807, 2.05) is 0 Å². The van der Waals surface area contributed by atoms with Crippen LogP contribution in [0.1, 0.15) is 0 Å². The van der Waals surface area contributed by atoms with E-state index in [1.165, 1.54) is 6.54 Å². The predicted octanol–water partition coefficient (Wildman–Crippen LogP) is -0.120. The average molecular weight is 158 g/mol. The van der Waals surface area contributed by atoms with E-state index in [0.29, 0.717) is 0 Å². The van der Waals surface area contributed by atoms with Gasteiger partial charge in [-0.3, -0.25) is 4.90 Å². The van der Waals surface area contributed by atoms with Crippen LogP contribution in [0.4, 0.5) is 0 Å². The summed E-state index contributed by atoms with van der Waals surface area (Å²) in [4.78, 5) is 4.67. The Kier molecular flexibility index (Phi) is 3.83. The quantitative estimate of drug-likeness (QED) is 0.569. The highest BCUT2D eigenvalue weighted by Crippen LogP contribution is 1.95. The van der Waals surface area contributed by atoms with E-state index < -0.39 is 0 Å². The normalized spacial score (nSPS) is 21.0. The van der Waals surface area contributed by atoms with Gasteiger partial charge in [0.15, 0.2) is 0 Å². The van der Waals surface area contributed by atoms with Gasteiger partial charge < -0.3 is 9.64 Å². The molecule has 0 radical (unpaired) electrons. The van der Waals surface area contributed by atoms with Crippen molar-refractivity contribution in [3.63, 3.8) is 0 Å². The minimum atomic E-state index is 0.910. The summed E-state index contributed by atoms with van der Waals surface area (Å²) in [5, 5.41) is 0. The van der Waals surface area contributed by atoms with Crippen LogP contribution in [0.5, 0.6) is 0 Å². The molecule has 1 saturated heterocycles. The number of nitrogens with zero attached hydrogens (tertiary/aromatic N) is 2. The Morgan fingerprint density at radius 2 is 1.91 bits per heavy atom. The number of rotatable bonds is 3.